The van der Waals surface area contributed by atoms with Crippen molar-refractivity contribution in [3.63, 3.8) is 0 Å². The average Bonchev–Trinajstić information content (AvgIpc) is 1.82. The van der Waals surface area contributed by atoms with E-state index in [0.29, 0.717) is 0 Å². The van der Waals surface area contributed by atoms with Crippen molar-refractivity contribution in [1.29, 1.82) is 0 Å². The Morgan fingerprint density at radius 1 is 1.62 bits per heavy atom. The van der Waals surface area contributed by atoms with Crippen LogP contribution in [-0.4, -0.2) is 18.4 Å². The smallest absolute Gasteiger partial charge is 0.105 e. The molecule has 0 saturated carbocycles. The Labute approximate surface area is 50.2 Å². The molecule has 8 heavy (non-hydrogen) atoms. The van der Waals surface area contributed by atoms with Crippen molar-refractivity contribution in [1.82, 2.24) is 5.32 Å². The first kappa shape index (κ1) is 6.05. The molecule has 1 saturated heterocycles. The van der Waals surface area contributed by atoms with Gasteiger partial charge in [-0.25, -0.2) is 0 Å². The summed E-state index contributed by atoms with van der Waals surface area (Å²) in [4.78, 5) is 0. The maximum atomic E-state index is 5.26. The van der Waals surface area contributed by atoms with E-state index in [9.17, 15) is 0 Å². The van der Waals surface area contributed by atoms with Crippen LogP contribution in [0.25, 0.3) is 0 Å². The van der Waals surface area contributed by atoms with Crippen molar-refractivity contribution in [3.8, 4) is 0 Å². The fraction of sp³-hybridized carbons (Fsp3) is 1.00. The Bertz CT molecular complexity index is 90.5. The van der Waals surface area contributed by atoms with E-state index in [1.807, 2.05) is 6.92 Å². The molecule has 2 heteroatoms. The van der Waals surface area contributed by atoms with Crippen molar-refractivity contribution >= 4 is 0 Å². The van der Waals surface area contributed by atoms with Crippen LogP contribution in [-0.2, 0) is 4.74 Å². The van der Waals surface area contributed by atoms with Gasteiger partial charge in [0.2, 0.25) is 0 Å². The first-order valence-electron chi connectivity index (χ1n) is 2.99. The maximum Gasteiger partial charge on any atom is 0.105 e. The molecule has 0 bridgehead atoms. The summed E-state index contributed by atoms with van der Waals surface area (Å²) in [5.74, 6) is 0. The molecule has 0 aromatic rings. The van der Waals surface area contributed by atoms with Crippen LogP contribution < -0.4 is 5.32 Å². The molecule has 0 aromatic carbocycles. The van der Waals surface area contributed by atoms with E-state index in [1.165, 1.54) is 0 Å². The maximum absolute atomic E-state index is 5.26. The summed E-state index contributed by atoms with van der Waals surface area (Å²) in [6.07, 6.45) is 0.241. The summed E-state index contributed by atoms with van der Waals surface area (Å²) >= 11 is 0. The second kappa shape index (κ2) is 1.71. The highest BCUT2D eigenvalue weighted by molar-refractivity contribution is 4.82. The van der Waals surface area contributed by atoms with Crippen molar-refractivity contribution in [2.24, 2.45) is 0 Å². The van der Waals surface area contributed by atoms with Gasteiger partial charge < -0.3 is 4.74 Å². The second-order valence-corrected chi connectivity index (χ2v) is 2.98. The molecular formula is C6H13NO. The van der Waals surface area contributed by atoms with Gasteiger partial charge in [0.15, 0.2) is 0 Å². The Morgan fingerprint density at radius 2 is 2.25 bits per heavy atom. The summed E-state index contributed by atoms with van der Waals surface area (Å²) in [6.45, 7) is 7.12. The molecule has 0 amide bonds. The highest BCUT2D eigenvalue weighted by Crippen LogP contribution is 2.12. The fourth-order valence-corrected chi connectivity index (χ4v) is 0.967. The van der Waals surface area contributed by atoms with E-state index in [-0.39, 0.29) is 11.8 Å². The largest absolute Gasteiger partial charge is 0.362 e. The summed E-state index contributed by atoms with van der Waals surface area (Å²) in [6, 6.07) is 0. The van der Waals surface area contributed by atoms with E-state index in [2.05, 4.69) is 19.2 Å². The minimum atomic E-state index is 0.194. The topological polar surface area (TPSA) is 21.3 Å². The Kier molecular flexibility index (Phi) is 1.29. The van der Waals surface area contributed by atoms with Gasteiger partial charge in [0, 0.05) is 5.54 Å². The number of nitrogens with one attached hydrogen (secondary N) is 1. The Balaban J connectivity index is 2.44. The Morgan fingerprint density at radius 3 is 2.38 bits per heavy atom. The highest BCUT2D eigenvalue weighted by atomic mass is 16.5. The molecule has 1 rings (SSSR count). The highest BCUT2D eigenvalue weighted by Gasteiger charge is 2.27. The molecule has 48 valence electrons. The lowest BCUT2D eigenvalue weighted by atomic mass is 10.1. The van der Waals surface area contributed by atoms with Crippen molar-refractivity contribution in [2.45, 2.75) is 32.5 Å². The van der Waals surface area contributed by atoms with Crippen LogP contribution in [0.2, 0.25) is 0 Å². The van der Waals surface area contributed by atoms with E-state index >= 15 is 0 Å². The van der Waals surface area contributed by atoms with Gasteiger partial charge in [0.1, 0.15) is 6.23 Å². The fourth-order valence-electron chi connectivity index (χ4n) is 0.967. The third-order valence-corrected chi connectivity index (χ3v) is 1.29. The summed E-state index contributed by atoms with van der Waals surface area (Å²) in [7, 11) is 0. The molecule has 1 fully saturated rings. The minimum absolute atomic E-state index is 0.194. The lowest BCUT2D eigenvalue weighted by molar-refractivity contribution is 0.113. The first-order valence-corrected chi connectivity index (χ1v) is 2.99. The summed E-state index contributed by atoms with van der Waals surface area (Å²) in [5, 5.41) is 3.27. The van der Waals surface area contributed by atoms with Crippen molar-refractivity contribution in [2.75, 3.05) is 6.61 Å². The van der Waals surface area contributed by atoms with Crippen LogP contribution in [0.15, 0.2) is 0 Å². The molecule has 1 aliphatic rings. The number of rotatable bonds is 0. The van der Waals surface area contributed by atoms with Crippen molar-refractivity contribution < 1.29 is 4.74 Å². The van der Waals surface area contributed by atoms with Gasteiger partial charge in [-0.1, -0.05) is 0 Å². The van der Waals surface area contributed by atoms with E-state index in [0.717, 1.165) is 6.61 Å². The van der Waals surface area contributed by atoms with E-state index < -0.39 is 0 Å². The number of hydrogen-bond acceptors (Lipinski definition) is 2. The van der Waals surface area contributed by atoms with Gasteiger partial charge in [0.05, 0.1) is 6.61 Å². The lowest BCUT2D eigenvalue weighted by Crippen LogP contribution is -2.37. The first-order chi connectivity index (χ1) is 3.60. The molecule has 1 atom stereocenters. The van der Waals surface area contributed by atoms with Gasteiger partial charge in [-0.3, -0.25) is 5.32 Å². The molecule has 0 unspecified atom stereocenters. The zero-order valence-corrected chi connectivity index (χ0v) is 5.69. The molecule has 0 radical (unpaired) electrons. The van der Waals surface area contributed by atoms with Crippen LogP contribution in [0.5, 0.6) is 0 Å². The van der Waals surface area contributed by atoms with Gasteiger partial charge >= 0.3 is 0 Å². The molecule has 0 aromatic heterocycles. The third kappa shape index (κ3) is 1.20. The second-order valence-electron chi connectivity index (χ2n) is 2.98. The van der Waals surface area contributed by atoms with Crippen LogP contribution >= 0.6 is 0 Å². The summed E-state index contributed by atoms with van der Waals surface area (Å²) in [5.41, 5.74) is 0.194. The third-order valence-electron chi connectivity index (χ3n) is 1.29. The number of ether oxygens (including phenoxy) is 1. The quantitative estimate of drug-likeness (QED) is 0.502. The van der Waals surface area contributed by atoms with Crippen LogP contribution in [0, 0.1) is 0 Å². The van der Waals surface area contributed by atoms with Crippen LogP contribution in [0.1, 0.15) is 20.8 Å². The SMILES string of the molecule is C[C@H]1NC(C)(C)CO1. The van der Waals surface area contributed by atoms with E-state index in [4.69, 9.17) is 4.74 Å². The molecular weight excluding hydrogens is 102 g/mol. The molecule has 1 N–H and O–H groups in total. The predicted molar refractivity (Wildman–Crippen MR) is 32.6 cm³/mol. The van der Waals surface area contributed by atoms with Gasteiger partial charge in [-0.05, 0) is 20.8 Å². The predicted octanol–water partition coefficient (Wildman–Crippen LogP) is 0.731. The van der Waals surface area contributed by atoms with Crippen molar-refractivity contribution in [3.05, 3.63) is 0 Å². The van der Waals surface area contributed by atoms with Crippen LogP contribution in [0.3, 0.4) is 0 Å². The summed E-state index contributed by atoms with van der Waals surface area (Å²) < 4.78 is 5.26. The van der Waals surface area contributed by atoms with Gasteiger partial charge in [0.25, 0.3) is 0 Å². The molecule has 0 aliphatic carbocycles. The molecule has 1 aliphatic heterocycles. The zero-order chi connectivity index (χ0) is 6.20. The average molecular weight is 115 g/mol. The number of hydrogen-bond donors (Lipinski definition) is 1. The monoisotopic (exact) mass is 115 g/mol. The normalized spacial score (nSPS) is 35.6. The Hall–Kier alpha value is -0.0800. The zero-order valence-electron chi connectivity index (χ0n) is 5.69. The standard InChI is InChI=1S/C6H13NO/c1-5-7-6(2,3)4-8-5/h5,7H,4H2,1-3H3/t5-/m0/s1. The van der Waals surface area contributed by atoms with E-state index in [1.54, 1.807) is 0 Å². The molecule has 0 spiro atoms. The molecule has 1 heterocycles. The van der Waals surface area contributed by atoms with Gasteiger partial charge in [-0.15, -0.1) is 0 Å². The minimum Gasteiger partial charge on any atom is -0.362 e. The molecule has 2 nitrogen and oxygen atoms in total. The lowest BCUT2D eigenvalue weighted by Gasteiger charge is -2.14. The van der Waals surface area contributed by atoms with Crippen LogP contribution in [0.4, 0.5) is 0 Å². The van der Waals surface area contributed by atoms with Gasteiger partial charge in [-0.2, -0.15) is 0 Å².